The van der Waals surface area contributed by atoms with Gasteiger partial charge in [0.25, 0.3) is 0 Å². The first-order valence-corrected chi connectivity index (χ1v) is 7.92. The fraction of sp³-hybridized carbons (Fsp3) is 0.647. The molecule has 2 saturated carbocycles. The highest BCUT2D eigenvalue weighted by atomic mass is 16.5. The van der Waals surface area contributed by atoms with E-state index in [2.05, 4.69) is 12.2 Å². The van der Waals surface area contributed by atoms with Crippen LogP contribution in [-0.2, 0) is 5.60 Å². The van der Waals surface area contributed by atoms with Crippen molar-refractivity contribution >= 4 is 0 Å². The van der Waals surface area contributed by atoms with Crippen LogP contribution in [0.5, 0.6) is 5.75 Å². The van der Waals surface area contributed by atoms with E-state index in [9.17, 15) is 5.11 Å². The lowest BCUT2D eigenvalue weighted by Gasteiger charge is -2.36. The van der Waals surface area contributed by atoms with Gasteiger partial charge in [-0.15, -0.1) is 0 Å². The maximum absolute atomic E-state index is 10.8. The van der Waals surface area contributed by atoms with Crippen molar-refractivity contribution in [3.8, 4) is 5.75 Å². The first kappa shape index (κ1) is 13.9. The van der Waals surface area contributed by atoms with Crippen molar-refractivity contribution in [2.24, 2.45) is 0 Å². The number of benzene rings is 1. The van der Waals surface area contributed by atoms with Crippen LogP contribution in [0.1, 0.15) is 51.0 Å². The molecule has 20 heavy (non-hydrogen) atoms. The molecule has 110 valence electrons. The SMILES string of the molecule is CCNC1CCC(O)(c2ccc(OC3CC3)cc2)CC1. The zero-order valence-corrected chi connectivity index (χ0v) is 12.3. The smallest absolute Gasteiger partial charge is 0.119 e. The topological polar surface area (TPSA) is 41.5 Å². The third-order valence-electron chi connectivity index (χ3n) is 4.52. The van der Waals surface area contributed by atoms with Crippen LogP contribution in [0.4, 0.5) is 0 Å². The van der Waals surface area contributed by atoms with Gasteiger partial charge in [0.15, 0.2) is 0 Å². The van der Waals surface area contributed by atoms with Crippen LogP contribution < -0.4 is 10.1 Å². The molecule has 0 amide bonds. The zero-order chi connectivity index (χ0) is 14.0. The molecule has 0 saturated heterocycles. The van der Waals surface area contributed by atoms with Crippen LogP contribution in [0.15, 0.2) is 24.3 Å². The number of rotatable bonds is 5. The number of hydrogen-bond donors (Lipinski definition) is 2. The standard InChI is InChI=1S/C17H25NO2/c1-2-18-14-9-11-17(19,12-10-14)13-3-5-15(6-4-13)20-16-7-8-16/h3-6,14,16,18-19H,2,7-12H2,1H3. The summed E-state index contributed by atoms with van der Waals surface area (Å²) in [6.45, 7) is 3.15. The molecule has 2 aliphatic carbocycles. The van der Waals surface area contributed by atoms with E-state index >= 15 is 0 Å². The minimum absolute atomic E-state index is 0.430. The van der Waals surface area contributed by atoms with Crippen molar-refractivity contribution in [2.75, 3.05) is 6.54 Å². The molecule has 0 aliphatic heterocycles. The molecule has 0 radical (unpaired) electrons. The lowest BCUT2D eigenvalue weighted by Crippen LogP contribution is -2.39. The van der Waals surface area contributed by atoms with Crippen LogP contribution in [0.2, 0.25) is 0 Å². The van der Waals surface area contributed by atoms with E-state index in [1.807, 2.05) is 24.3 Å². The van der Waals surface area contributed by atoms with Crippen molar-refractivity contribution in [2.45, 2.75) is 63.2 Å². The molecule has 0 atom stereocenters. The second-order valence-corrected chi connectivity index (χ2v) is 6.21. The summed E-state index contributed by atoms with van der Waals surface area (Å²) in [4.78, 5) is 0. The molecule has 1 aromatic rings. The summed E-state index contributed by atoms with van der Waals surface area (Å²) >= 11 is 0. The molecule has 1 aromatic carbocycles. The Hall–Kier alpha value is -1.06. The molecule has 3 heteroatoms. The largest absolute Gasteiger partial charge is 0.490 e. The molecular weight excluding hydrogens is 250 g/mol. The minimum Gasteiger partial charge on any atom is -0.490 e. The number of nitrogens with one attached hydrogen (secondary N) is 1. The van der Waals surface area contributed by atoms with Crippen LogP contribution in [0.3, 0.4) is 0 Å². The van der Waals surface area contributed by atoms with Crippen LogP contribution in [0, 0.1) is 0 Å². The molecule has 0 unspecified atom stereocenters. The Labute approximate surface area is 121 Å². The summed E-state index contributed by atoms with van der Waals surface area (Å²) in [7, 11) is 0. The molecule has 3 nitrogen and oxygen atoms in total. The fourth-order valence-electron chi connectivity index (χ4n) is 3.10. The van der Waals surface area contributed by atoms with E-state index in [4.69, 9.17) is 4.74 Å². The lowest BCUT2D eigenvalue weighted by atomic mass is 9.78. The average Bonchev–Trinajstić information content (AvgIpc) is 3.27. The van der Waals surface area contributed by atoms with Gasteiger partial charge in [-0.05, 0) is 62.8 Å². The number of hydrogen-bond acceptors (Lipinski definition) is 3. The van der Waals surface area contributed by atoms with Gasteiger partial charge in [0.2, 0.25) is 0 Å². The molecule has 0 aromatic heterocycles. The van der Waals surface area contributed by atoms with E-state index in [1.165, 1.54) is 12.8 Å². The Morgan fingerprint density at radius 2 is 1.80 bits per heavy atom. The van der Waals surface area contributed by atoms with Crippen LogP contribution in [0.25, 0.3) is 0 Å². The van der Waals surface area contributed by atoms with Gasteiger partial charge in [-0.25, -0.2) is 0 Å². The highest BCUT2D eigenvalue weighted by molar-refractivity contribution is 5.31. The summed E-state index contributed by atoms with van der Waals surface area (Å²) in [5.74, 6) is 0.932. The van der Waals surface area contributed by atoms with Gasteiger partial charge in [-0.2, -0.15) is 0 Å². The summed E-state index contributed by atoms with van der Waals surface area (Å²) in [5, 5.41) is 14.3. The molecule has 2 fully saturated rings. The predicted octanol–water partition coefficient (Wildman–Crippen LogP) is 2.97. The van der Waals surface area contributed by atoms with Crippen molar-refractivity contribution in [1.29, 1.82) is 0 Å². The van der Waals surface area contributed by atoms with Crippen LogP contribution >= 0.6 is 0 Å². The monoisotopic (exact) mass is 275 g/mol. The molecule has 0 heterocycles. The quantitative estimate of drug-likeness (QED) is 0.868. The lowest BCUT2D eigenvalue weighted by molar-refractivity contribution is -0.00818. The van der Waals surface area contributed by atoms with Crippen molar-refractivity contribution in [3.63, 3.8) is 0 Å². The van der Waals surface area contributed by atoms with E-state index in [0.717, 1.165) is 43.5 Å². The van der Waals surface area contributed by atoms with Gasteiger partial charge in [0, 0.05) is 6.04 Å². The van der Waals surface area contributed by atoms with E-state index in [0.29, 0.717) is 12.1 Å². The maximum atomic E-state index is 10.8. The van der Waals surface area contributed by atoms with Gasteiger partial charge in [-0.1, -0.05) is 19.1 Å². The van der Waals surface area contributed by atoms with Crippen molar-refractivity contribution in [1.82, 2.24) is 5.32 Å². The minimum atomic E-state index is -0.649. The van der Waals surface area contributed by atoms with E-state index in [-0.39, 0.29) is 0 Å². The number of ether oxygens (including phenoxy) is 1. The Morgan fingerprint density at radius 3 is 2.35 bits per heavy atom. The molecule has 3 rings (SSSR count). The molecule has 2 aliphatic rings. The summed E-state index contributed by atoms with van der Waals surface area (Å²) in [5.41, 5.74) is 0.389. The Morgan fingerprint density at radius 1 is 1.15 bits per heavy atom. The predicted molar refractivity (Wildman–Crippen MR) is 79.9 cm³/mol. The molecule has 0 spiro atoms. The Balaban J connectivity index is 1.62. The number of aliphatic hydroxyl groups is 1. The first-order valence-electron chi connectivity index (χ1n) is 7.92. The van der Waals surface area contributed by atoms with E-state index in [1.54, 1.807) is 0 Å². The highest BCUT2D eigenvalue weighted by Crippen LogP contribution is 2.38. The normalized spacial score (nSPS) is 30.2. The van der Waals surface area contributed by atoms with Crippen molar-refractivity contribution < 1.29 is 9.84 Å². The van der Waals surface area contributed by atoms with Gasteiger partial charge in [-0.3, -0.25) is 0 Å². The van der Waals surface area contributed by atoms with Gasteiger partial charge in [0.05, 0.1) is 11.7 Å². The Kier molecular flexibility index (Phi) is 3.99. The summed E-state index contributed by atoms with van der Waals surface area (Å²) in [6.07, 6.45) is 6.56. The fourth-order valence-corrected chi connectivity index (χ4v) is 3.10. The second-order valence-electron chi connectivity index (χ2n) is 6.21. The average molecular weight is 275 g/mol. The van der Waals surface area contributed by atoms with E-state index < -0.39 is 5.60 Å². The van der Waals surface area contributed by atoms with Crippen molar-refractivity contribution in [3.05, 3.63) is 29.8 Å². The Bertz CT molecular complexity index is 431. The second kappa shape index (κ2) is 5.74. The third-order valence-corrected chi connectivity index (χ3v) is 4.52. The molecule has 2 N–H and O–H groups in total. The van der Waals surface area contributed by atoms with Crippen LogP contribution in [-0.4, -0.2) is 23.8 Å². The maximum Gasteiger partial charge on any atom is 0.119 e. The highest BCUT2D eigenvalue weighted by Gasteiger charge is 2.34. The summed E-state index contributed by atoms with van der Waals surface area (Å²) in [6, 6.07) is 8.64. The first-order chi connectivity index (χ1) is 9.69. The zero-order valence-electron chi connectivity index (χ0n) is 12.3. The molecular formula is C17H25NO2. The molecule has 0 bridgehead atoms. The third kappa shape index (κ3) is 3.15. The van der Waals surface area contributed by atoms with Gasteiger partial charge >= 0.3 is 0 Å². The van der Waals surface area contributed by atoms with Gasteiger partial charge < -0.3 is 15.2 Å². The summed E-state index contributed by atoms with van der Waals surface area (Å²) < 4.78 is 5.76. The van der Waals surface area contributed by atoms with Gasteiger partial charge in [0.1, 0.15) is 5.75 Å².